The van der Waals surface area contributed by atoms with Crippen molar-refractivity contribution in [2.45, 2.75) is 0 Å². The average Bonchev–Trinajstić information content (AvgIpc) is 2.58. The lowest BCUT2D eigenvalue weighted by Crippen LogP contribution is -2.11. The SMILES string of the molecule is Cn1sc(Nc2ccccc2Cl)c(C#N)c1=O. The van der Waals surface area contributed by atoms with Crippen molar-refractivity contribution >= 4 is 33.8 Å². The summed E-state index contributed by atoms with van der Waals surface area (Å²) in [5.74, 6) is 0. The topological polar surface area (TPSA) is 57.8 Å². The third-order valence-corrected chi connectivity index (χ3v) is 3.45. The summed E-state index contributed by atoms with van der Waals surface area (Å²) in [5, 5.41) is 13.0. The van der Waals surface area contributed by atoms with Crippen LogP contribution in [0.3, 0.4) is 0 Å². The van der Waals surface area contributed by atoms with Gasteiger partial charge in [-0.15, -0.1) is 0 Å². The van der Waals surface area contributed by atoms with E-state index in [1.165, 1.54) is 15.5 Å². The maximum Gasteiger partial charge on any atom is 0.280 e. The molecular formula is C11H8ClN3OS. The molecule has 1 aromatic heterocycles. The lowest BCUT2D eigenvalue weighted by molar-refractivity contribution is 0.976. The van der Waals surface area contributed by atoms with Gasteiger partial charge in [0.1, 0.15) is 11.1 Å². The molecule has 1 aromatic carbocycles. The zero-order valence-electron chi connectivity index (χ0n) is 8.90. The molecule has 1 N–H and O–H groups in total. The van der Waals surface area contributed by atoms with Crippen LogP contribution in [-0.2, 0) is 7.05 Å². The quantitative estimate of drug-likeness (QED) is 0.908. The van der Waals surface area contributed by atoms with Crippen LogP contribution in [0.2, 0.25) is 5.02 Å². The van der Waals surface area contributed by atoms with Crippen LogP contribution in [0.1, 0.15) is 5.56 Å². The van der Waals surface area contributed by atoms with Crippen molar-refractivity contribution in [1.82, 2.24) is 3.96 Å². The van der Waals surface area contributed by atoms with Crippen LogP contribution in [-0.4, -0.2) is 3.96 Å². The minimum atomic E-state index is -0.299. The third-order valence-electron chi connectivity index (χ3n) is 2.19. The van der Waals surface area contributed by atoms with Crippen LogP contribution in [0.15, 0.2) is 29.1 Å². The van der Waals surface area contributed by atoms with Crippen molar-refractivity contribution < 1.29 is 0 Å². The minimum Gasteiger partial charge on any atom is -0.344 e. The maximum absolute atomic E-state index is 11.6. The van der Waals surface area contributed by atoms with E-state index in [9.17, 15) is 4.79 Å². The standard InChI is InChI=1S/C11H8ClN3OS/c1-15-11(16)7(6-13)10(17-15)14-9-5-3-2-4-8(9)12/h2-5,14H,1H3. The van der Waals surface area contributed by atoms with Gasteiger partial charge in [-0.05, 0) is 23.7 Å². The summed E-state index contributed by atoms with van der Waals surface area (Å²) in [5.41, 5.74) is 0.483. The summed E-state index contributed by atoms with van der Waals surface area (Å²) < 4.78 is 1.40. The molecule has 0 spiro atoms. The number of halogens is 1. The fourth-order valence-corrected chi connectivity index (χ4v) is 2.36. The first-order valence-electron chi connectivity index (χ1n) is 4.75. The lowest BCUT2D eigenvalue weighted by atomic mass is 10.3. The molecule has 2 aromatic rings. The molecule has 1 heterocycles. The van der Waals surface area contributed by atoms with E-state index in [2.05, 4.69) is 5.32 Å². The molecule has 6 heteroatoms. The first kappa shape index (κ1) is 11.7. The number of nitrogens with zero attached hydrogens (tertiary/aromatic N) is 2. The predicted octanol–water partition coefficient (Wildman–Crippen LogP) is 2.72. The number of benzene rings is 1. The number of para-hydroxylation sites is 1. The fourth-order valence-electron chi connectivity index (χ4n) is 1.35. The van der Waals surface area contributed by atoms with E-state index in [-0.39, 0.29) is 11.1 Å². The van der Waals surface area contributed by atoms with Gasteiger partial charge in [-0.2, -0.15) is 5.26 Å². The molecule has 0 saturated carbocycles. The first-order chi connectivity index (χ1) is 8.13. The maximum atomic E-state index is 11.6. The normalized spacial score (nSPS) is 9.94. The van der Waals surface area contributed by atoms with Gasteiger partial charge >= 0.3 is 0 Å². The molecule has 0 atom stereocenters. The molecule has 0 radical (unpaired) electrons. The summed E-state index contributed by atoms with van der Waals surface area (Å²) in [4.78, 5) is 11.6. The van der Waals surface area contributed by atoms with Gasteiger partial charge in [0.15, 0.2) is 5.56 Å². The molecule has 0 unspecified atom stereocenters. The first-order valence-corrected chi connectivity index (χ1v) is 5.90. The Hall–Kier alpha value is -1.77. The van der Waals surface area contributed by atoms with Crippen LogP contribution >= 0.6 is 23.1 Å². The number of nitrogens with one attached hydrogen (secondary N) is 1. The second kappa shape index (κ2) is 4.62. The Balaban J connectivity index is 2.45. The Morgan fingerprint density at radius 1 is 1.47 bits per heavy atom. The zero-order chi connectivity index (χ0) is 12.4. The third kappa shape index (κ3) is 2.18. The largest absolute Gasteiger partial charge is 0.344 e. The van der Waals surface area contributed by atoms with Crippen molar-refractivity contribution in [3.63, 3.8) is 0 Å². The highest BCUT2D eigenvalue weighted by atomic mass is 35.5. The molecule has 0 aliphatic rings. The number of aromatic nitrogens is 1. The predicted molar refractivity (Wildman–Crippen MR) is 69.0 cm³/mol. The Morgan fingerprint density at radius 2 is 2.18 bits per heavy atom. The van der Waals surface area contributed by atoms with Gasteiger partial charge in [0.25, 0.3) is 5.56 Å². The Labute approximate surface area is 107 Å². The van der Waals surface area contributed by atoms with Crippen LogP contribution in [0.4, 0.5) is 10.7 Å². The number of nitriles is 1. The van der Waals surface area contributed by atoms with Gasteiger partial charge in [-0.25, -0.2) is 0 Å². The Morgan fingerprint density at radius 3 is 2.82 bits per heavy atom. The van der Waals surface area contributed by atoms with Crippen LogP contribution < -0.4 is 10.9 Å². The van der Waals surface area contributed by atoms with Crippen LogP contribution in [0.25, 0.3) is 0 Å². The zero-order valence-corrected chi connectivity index (χ0v) is 10.5. The summed E-state index contributed by atoms with van der Waals surface area (Å²) in [6.07, 6.45) is 0. The molecule has 0 saturated heterocycles. The van der Waals surface area contributed by atoms with Crippen molar-refractivity contribution in [2.75, 3.05) is 5.32 Å². The molecule has 0 aliphatic carbocycles. The van der Waals surface area contributed by atoms with Gasteiger partial charge in [0.05, 0.1) is 10.7 Å². The number of rotatable bonds is 2. The van der Waals surface area contributed by atoms with E-state index in [1.807, 2.05) is 18.2 Å². The van der Waals surface area contributed by atoms with Crippen molar-refractivity contribution in [1.29, 1.82) is 5.26 Å². The lowest BCUT2D eigenvalue weighted by Gasteiger charge is -2.04. The average molecular weight is 266 g/mol. The van der Waals surface area contributed by atoms with Crippen molar-refractivity contribution in [2.24, 2.45) is 7.05 Å². The molecule has 0 aliphatic heterocycles. The van der Waals surface area contributed by atoms with E-state index < -0.39 is 0 Å². The van der Waals surface area contributed by atoms with Crippen LogP contribution in [0.5, 0.6) is 0 Å². The van der Waals surface area contributed by atoms with Crippen LogP contribution in [0, 0.1) is 11.3 Å². The number of hydrogen-bond donors (Lipinski definition) is 1. The number of aryl methyl sites for hydroxylation is 1. The van der Waals surface area contributed by atoms with E-state index >= 15 is 0 Å². The fraction of sp³-hybridized carbons (Fsp3) is 0.0909. The molecule has 4 nitrogen and oxygen atoms in total. The Kier molecular flexibility index (Phi) is 3.18. The molecule has 2 rings (SSSR count). The van der Waals surface area contributed by atoms with E-state index in [0.717, 1.165) is 0 Å². The molecule has 0 amide bonds. The van der Waals surface area contributed by atoms with E-state index in [0.29, 0.717) is 15.7 Å². The molecule has 17 heavy (non-hydrogen) atoms. The Bertz CT molecular complexity index is 653. The smallest absolute Gasteiger partial charge is 0.280 e. The highest BCUT2D eigenvalue weighted by molar-refractivity contribution is 7.11. The molecule has 0 bridgehead atoms. The van der Waals surface area contributed by atoms with Crippen molar-refractivity contribution in [3.8, 4) is 6.07 Å². The van der Waals surface area contributed by atoms with Gasteiger partial charge in [0.2, 0.25) is 0 Å². The second-order valence-corrected chi connectivity index (χ2v) is 4.86. The highest BCUT2D eigenvalue weighted by Crippen LogP contribution is 2.28. The van der Waals surface area contributed by atoms with E-state index in [4.69, 9.17) is 16.9 Å². The summed E-state index contributed by atoms with van der Waals surface area (Å²) in [6, 6.07) is 9.06. The van der Waals surface area contributed by atoms with Gasteiger partial charge in [0, 0.05) is 7.05 Å². The van der Waals surface area contributed by atoms with E-state index in [1.54, 1.807) is 19.2 Å². The van der Waals surface area contributed by atoms with Crippen molar-refractivity contribution in [3.05, 3.63) is 45.2 Å². The molecule has 86 valence electrons. The second-order valence-electron chi connectivity index (χ2n) is 3.31. The van der Waals surface area contributed by atoms with Gasteiger partial charge in [-0.3, -0.25) is 8.75 Å². The monoisotopic (exact) mass is 265 g/mol. The summed E-state index contributed by atoms with van der Waals surface area (Å²) in [6.45, 7) is 0. The minimum absolute atomic E-state index is 0.109. The van der Waals surface area contributed by atoms with Gasteiger partial charge < -0.3 is 5.32 Å². The number of hydrogen-bond acceptors (Lipinski definition) is 4. The molecule has 0 fully saturated rings. The summed E-state index contributed by atoms with van der Waals surface area (Å²) in [7, 11) is 1.62. The summed E-state index contributed by atoms with van der Waals surface area (Å²) >= 11 is 7.17. The molecular weight excluding hydrogens is 258 g/mol. The van der Waals surface area contributed by atoms with Gasteiger partial charge in [-0.1, -0.05) is 23.7 Å². The number of anilines is 2. The highest BCUT2D eigenvalue weighted by Gasteiger charge is 2.13.